The van der Waals surface area contributed by atoms with E-state index >= 15 is 0 Å². The predicted molar refractivity (Wildman–Crippen MR) is 91.0 cm³/mol. The molecule has 0 aromatic heterocycles. The van der Waals surface area contributed by atoms with Gasteiger partial charge in [0.15, 0.2) is 0 Å². The minimum Gasteiger partial charge on any atom is -0.494 e. The number of benzene rings is 1. The molecule has 0 bridgehead atoms. The van der Waals surface area contributed by atoms with E-state index in [2.05, 4.69) is 76.3 Å². The Balaban J connectivity index is 2.99. The summed E-state index contributed by atoms with van der Waals surface area (Å²) in [5, 5.41) is 3.65. The summed E-state index contributed by atoms with van der Waals surface area (Å²) in [5.41, 5.74) is 1.40. The standard InChI is InChI=1S/C18H32N2O/c1-7-14-21-16-12-10-15(11-13-16)17(19-9-3)18(4,8-2)20(5)6/h10-13,17,19H,7-9,14H2,1-6H3. The topological polar surface area (TPSA) is 24.5 Å². The Labute approximate surface area is 130 Å². The summed E-state index contributed by atoms with van der Waals surface area (Å²) in [6.45, 7) is 10.6. The molecule has 2 unspecified atom stereocenters. The maximum Gasteiger partial charge on any atom is 0.119 e. The third kappa shape index (κ3) is 4.45. The Kier molecular flexibility index (Phi) is 7.20. The van der Waals surface area contributed by atoms with Crippen LogP contribution in [0.1, 0.15) is 52.1 Å². The number of ether oxygens (including phenoxy) is 1. The van der Waals surface area contributed by atoms with Gasteiger partial charge < -0.3 is 15.0 Å². The summed E-state index contributed by atoms with van der Waals surface area (Å²) in [5.74, 6) is 0.957. The van der Waals surface area contributed by atoms with Crippen molar-refractivity contribution in [3.05, 3.63) is 29.8 Å². The molecule has 21 heavy (non-hydrogen) atoms. The Morgan fingerprint density at radius 2 is 1.76 bits per heavy atom. The van der Waals surface area contributed by atoms with E-state index in [4.69, 9.17) is 4.74 Å². The Bertz CT molecular complexity index is 402. The van der Waals surface area contributed by atoms with Crippen LogP contribution in [0, 0.1) is 0 Å². The van der Waals surface area contributed by atoms with Crippen molar-refractivity contribution >= 4 is 0 Å². The Morgan fingerprint density at radius 1 is 1.14 bits per heavy atom. The van der Waals surface area contributed by atoms with Crippen molar-refractivity contribution in [2.24, 2.45) is 0 Å². The van der Waals surface area contributed by atoms with Crippen molar-refractivity contribution < 1.29 is 4.74 Å². The highest BCUT2D eigenvalue weighted by atomic mass is 16.5. The summed E-state index contributed by atoms with van der Waals surface area (Å²) in [6.07, 6.45) is 2.13. The molecule has 0 amide bonds. The molecule has 0 aliphatic rings. The maximum atomic E-state index is 5.68. The average molecular weight is 292 g/mol. The molecule has 3 nitrogen and oxygen atoms in total. The molecule has 1 rings (SSSR count). The van der Waals surface area contributed by atoms with Crippen molar-refractivity contribution in [1.82, 2.24) is 10.2 Å². The van der Waals surface area contributed by atoms with E-state index in [1.54, 1.807) is 0 Å². The van der Waals surface area contributed by atoms with Crippen molar-refractivity contribution in [2.75, 3.05) is 27.2 Å². The van der Waals surface area contributed by atoms with Crippen molar-refractivity contribution in [1.29, 1.82) is 0 Å². The molecule has 120 valence electrons. The zero-order valence-electron chi connectivity index (χ0n) is 14.6. The third-order valence-electron chi connectivity index (χ3n) is 4.45. The van der Waals surface area contributed by atoms with Gasteiger partial charge in [-0.2, -0.15) is 0 Å². The molecule has 0 fully saturated rings. The monoisotopic (exact) mass is 292 g/mol. The second-order valence-corrected chi connectivity index (χ2v) is 6.01. The van der Waals surface area contributed by atoms with Crippen LogP contribution in [0.2, 0.25) is 0 Å². The molecule has 0 aliphatic heterocycles. The molecular formula is C18H32N2O. The number of nitrogens with one attached hydrogen (secondary N) is 1. The van der Waals surface area contributed by atoms with Crippen LogP contribution in [-0.2, 0) is 0 Å². The lowest BCUT2D eigenvalue weighted by atomic mass is 9.83. The van der Waals surface area contributed by atoms with Gasteiger partial charge in [0.05, 0.1) is 12.6 Å². The van der Waals surface area contributed by atoms with Crippen LogP contribution >= 0.6 is 0 Å². The van der Waals surface area contributed by atoms with Gasteiger partial charge in [-0.25, -0.2) is 0 Å². The summed E-state index contributed by atoms with van der Waals surface area (Å²) in [6, 6.07) is 8.86. The van der Waals surface area contributed by atoms with E-state index in [1.165, 1.54) is 5.56 Å². The van der Waals surface area contributed by atoms with Crippen molar-refractivity contribution in [2.45, 2.75) is 52.1 Å². The first-order valence-electron chi connectivity index (χ1n) is 8.13. The minimum atomic E-state index is 0.0851. The summed E-state index contributed by atoms with van der Waals surface area (Å²) >= 11 is 0. The second-order valence-electron chi connectivity index (χ2n) is 6.01. The SMILES string of the molecule is CCCOc1ccc(C(NCC)C(C)(CC)N(C)C)cc1. The van der Waals surface area contributed by atoms with E-state index in [0.29, 0.717) is 6.04 Å². The highest BCUT2D eigenvalue weighted by Gasteiger charge is 2.35. The quantitative estimate of drug-likeness (QED) is 0.748. The van der Waals surface area contributed by atoms with Crippen LogP contribution in [0.4, 0.5) is 0 Å². The first kappa shape index (κ1) is 18.0. The number of nitrogens with zero attached hydrogens (tertiary/aromatic N) is 1. The lowest BCUT2D eigenvalue weighted by Crippen LogP contribution is -2.51. The average Bonchev–Trinajstić information content (AvgIpc) is 2.50. The van der Waals surface area contributed by atoms with E-state index < -0.39 is 0 Å². The fourth-order valence-electron chi connectivity index (χ4n) is 2.66. The van der Waals surface area contributed by atoms with Crippen molar-refractivity contribution in [3.63, 3.8) is 0 Å². The molecule has 2 atom stereocenters. The molecule has 0 spiro atoms. The van der Waals surface area contributed by atoms with Gasteiger partial charge in [0.2, 0.25) is 0 Å². The van der Waals surface area contributed by atoms with E-state index in [0.717, 1.165) is 31.7 Å². The minimum absolute atomic E-state index is 0.0851. The first-order valence-corrected chi connectivity index (χ1v) is 8.13. The Hall–Kier alpha value is -1.06. The number of hydrogen-bond acceptors (Lipinski definition) is 3. The van der Waals surface area contributed by atoms with Crippen LogP contribution in [-0.4, -0.2) is 37.7 Å². The fraction of sp³-hybridized carbons (Fsp3) is 0.667. The zero-order valence-corrected chi connectivity index (χ0v) is 14.6. The van der Waals surface area contributed by atoms with Gasteiger partial charge in [-0.3, -0.25) is 0 Å². The van der Waals surface area contributed by atoms with Gasteiger partial charge in [0.25, 0.3) is 0 Å². The highest BCUT2D eigenvalue weighted by Crippen LogP contribution is 2.33. The first-order chi connectivity index (χ1) is 9.99. The number of likely N-dealkylation sites (N-methyl/N-ethyl adjacent to an activating group) is 2. The van der Waals surface area contributed by atoms with Gasteiger partial charge in [-0.05, 0) is 58.1 Å². The second kappa shape index (κ2) is 8.40. The summed E-state index contributed by atoms with van der Waals surface area (Å²) < 4.78 is 5.68. The van der Waals surface area contributed by atoms with Crippen LogP contribution < -0.4 is 10.1 Å². The van der Waals surface area contributed by atoms with E-state index in [9.17, 15) is 0 Å². The molecule has 0 aliphatic carbocycles. The van der Waals surface area contributed by atoms with Gasteiger partial charge in [-0.1, -0.05) is 32.9 Å². The molecule has 1 aromatic rings. The van der Waals surface area contributed by atoms with E-state index in [1.807, 2.05) is 0 Å². The molecule has 0 heterocycles. The predicted octanol–water partition coefficient (Wildman–Crippen LogP) is 3.86. The number of hydrogen-bond donors (Lipinski definition) is 1. The largest absolute Gasteiger partial charge is 0.494 e. The molecule has 0 radical (unpaired) electrons. The van der Waals surface area contributed by atoms with Crippen molar-refractivity contribution in [3.8, 4) is 5.75 Å². The lowest BCUT2D eigenvalue weighted by Gasteiger charge is -2.43. The smallest absolute Gasteiger partial charge is 0.119 e. The van der Waals surface area contributed by atoms with E-state index in [-0.39, 0.29) is 5.54 Å². The third-order valence-corrected chi connectivity index (χ3v) is 4.45. The molecule has 3 heteroatoms. The normalized spacial score (nSPS) is 15.8. The molecule has 1 aromatic carbocycles. The fourth-order valence-corrected chi connectivity index (χ4v) is 2.66. The number of rotatable bonds is 9. The van der Waals surface area contributed by atoms with Gasteiger partial charge >= 0.3 is 0 Å². The molecular weight excluding hydrogens is 260 g/mol. The van der Waals surface area contributed by atoms with Gasteiger partial charge in [0, 0.05) is 5.54 Å². The van der Waals surface area contributed by atoms with Crippen LogP contribution in [0.25, 0.3) is 0 Å². The molecule has 0 saturated carbocycles. The van der Waals surface area contributed by atoms with Gasteiger partial charge in [-0.15, -0.1) is 0 Å². The lowest BCUT2D eigenvalue weighted by molar-refractivity contribution is 0.113. The van der Waals surface area contributed by atoms with Crippen LogP contribution in [0.3, 0.4) is 0 Å². The van der Waals surface area contributed by atoms with Gasteiger partial charge in [0.1, 0.15) is 5.75 Å². The highest BCUT2D eigenvalue weighted by molar-refractivity contribution is 5.31. The van der Waals surface area contributed by atoms with Crippen LogP contribution in [0.5, 0.6) is 5.75 Å². The molecule has 1 N–H and O–H groups in total. The molecule has 0 saturated heterocycles. The zero-order chi connectivity index (χ0) is 15.9. The summed E-state index contributed by atoms with van der Waals surface area (Å²) in [7, 11) is 4.32. The maximum absolute atomic E-state index is 5.68. The van der Waals surface area contributed by atoms with Crippen LogP contribution in [0.15, 0.2) is 24.3 Å². The Morgan fingerprint density at radius 3 is 2.19 bits per heavy atom. The summed E-state index contributed by atoms with van der Waals surface area (Å²) in [4.78, 5) is 2.32.